The summed E-state index contributed by atoms with van der Waals surface area (Å²) >= 11 is 0. The van der Waals surface area contributed by atoms with Crippen LogP contribution in [0.1, 0.15) is 5.69 Å². The van der Waals surface area contributed by atoms with Crippen LogP contribution in [0.5, 0.6) is 5.75 Å². The third-order valence-corrected chi connectivity index (χ3v) is 2.35. The van der Waals surface area contributed by atoms with Crippen molar-refractivity contribution >= 4 is 5.82 Å². The molecule has 1 aromatic heterocycles. The van der Waals surface area contributed by atoms with Crippen molar-refractivity contribution in [2.24, 2.45) is 5.84 Å². The van der Waals surface area contributed by atoms with Gasteiger partial charge < -0.3 is 10.2 Å². The smallest absolute Gasteiger partial charge is 0.161 e. The number of nitrogens with zero attached hydrogens (tertiary/aromatic N) is 2. The highest BCUT2D eigenvalue weighted by Gasteiger charge is 2.04. The van der Waals surface area contributed by atoms with Crippen LogP contribution in [-0.4, -0.2) is 17.1 Å². The molecule has 0 aliphatic carbocycles. The van der Waals surface area contributed by atoms with Crippen molar-refractivity contribution in [3.8, 4) is 17.1 Å². The van der Waals surface area contributed by atoms with Gasteiger partial charge in [-0.15, -0.1) is 0 Å². The first-order valence-electron chi connectivity index (χ1n) is 5.19. The minimum absolute atomic E-state index is 0.600. The van der Waals surface area contributed by atoms with Gasteiger partial charge in [-0.25, -0.2) is 15.8 Å². The molecule has 0 fully saturated rings. The molecule has 1 aromatic carbocycles. The molecule has 0 amide bonds. The third kappa shape index (κ3) is 2.51. The number of benzene rings is 1. The minimum Gasteiger partial charge on any atom is -0.497 e. The van der Waals surface area contributed by atoms with Crippen LogP contribution in [-0.2, 0) is 0 Å². The van der Waals surface area contributed by atoms with Gasteiger partial charge in [0.25, 0.3) is 0 Å². The van der Waals surface area contributed by atoms with Crippen molar-refractivity contribution in [1.82, 2.24) is 9.97 Å². The molecule has 2 rings (SSSR count). The predicted octanol–water partition coefficient (Wildman–Crippen LogP) is 1.75. The van der Waals surface area contributed by atoms with Gasteiger partial charge in [-0.2, -0.15) is 0 Å². The highest BCUT2D eigenvalue weighted by atomic mass is 16.5. The number of nitrogens with two attached hydrogens (primary N) is 1. The highest BCUT2D eigenvalue weighted by molar-refractivity contribution is 5.58. The number of hydrogen-bond acceptors (Lipinski definition) is 5. The zero-order chi connectivity index (χ0) is 12.3. The molecule has 5 nitrogen and oxygen atoms in total. The number of nitrogen functional groups attached to an aromatic ring is 1. The Morgan fingerprint density at radius 3 is 2.47 bits per heavy atom. The molecular formula is C12H14N4O. The Morgan fingerprint density at radius 1 is 1.18 bits per heavy atom. The summed E-state index contributed by atoms with van der Waals surface area (Å²) in [7, 11) is 1.63. The summed E-state index contributed by atoms with van der Waals surface area (Å²) in [6, 6.07) is 9.35. The number of methoxy groups -OCH3 is 1. The van der Waals surface area contributed by atoms with E-state index in [1.54, 1.807) is 13.2 Å². The van der Waals surface area contributed by atoms with E-state index in [0.29, 0.717) is 11.6 Å². The van der Waals surface area contributed by atoms with Crippen molar-refractivity contribution in [1.29, 1.82) is 0 Å². The van der Waals surface area contributed by atoms with Gasteiger partial charge >= 0.3 is 0 Å². The van der Waals surface area contributed by atoms with Gasteiger partial charge in [0.15, 0.2) is 5.82 Å². The molecule has 0 spiro atoms. The molecule has 88 valence electrons. The van der Waals surface area contributed by atoms with Crippen molar-refractivity contribution < 1.29 is 4.74 Å². The number of hydrazine groups is 1. The minimum atomic E-state index is 0.600. The Labute approximate surface area is 99.6 Å². The van der Waals surface area contributed by atoms with E-state index in [4.69, 9.17) is 10.6 Å². The molecule has 5 heteroatoms. The van der Waals surface area contributed by atoms with Crippen molar-refractivity contribution in [3.63, 3.8) is 0 Å². The van der Waals surface area contributed by atoms with Gasteiger partial charge in [0, 0.05) is 17.3 Å². The van der Waals surface area contributed by atoms with E-state index >= 15 is 0 Å². The molecule has 0 bridgehead atoms. The van der Waals surface area contributed by atoms with Gasteiger partial charge in [-0.1, -0.05) is 0 Å². The number of aryl methyl sites for hydroxylation is 1. The Balaban J connectivity index is 2.41. The van der Waals surface area contributed by atoms with Gasteiger partial charge in [0.1, 0.15) is 11.6 Å². The molecule has 3 N–H and O–H groups in total. The maximum Gasteiger partial charge on any atom is 0.161 e. The lowest BCUT2D eigenvalue weighted by Gasteiger charge is -2.06. The molecule has 1 heterocycles. The summed E-state index contributed by atoms with van der Waals surface area (Å²) in [5, 5.41) is 0. The van der Waals surface area contributed by atoms with Crippen LogP contribution in [0.4, 0.5) is 5.82 Å². The first kappa shape index (κ1) is 11.3. The number of hydrogen-bond donors (Lipinski definition) is 2. The normalized spacial score (nSPS) is 10.1. The molecule has 2 aromatic rings. The summed E-state index contributed by atoms with van der Waals surface area (Å²) in [6.45, 7) is 1.90. The van der Waals surface area contributed by atoms with Gasteiger partial charge in [-0.3, -0.25) is 0 Å². The van der Waals surface area contributed by atoms with Crippen LogP contribution in [0, 0.1) is 6.92 Å². The topological polar surface area (TPSA) is 73.1 Å². The SMILES string of the molecule is COc1ccc(-c2nc(C)cc(NN)n2)cc1. The summed E-state index contributed by atoms with van der Waals surface area (Å²) in [5.74, 6) is 7.40. The van der Waals surface area contributed by atoms with E-state index in [1.807, 2.05) is 31.2 Å². The average molecular weight is 230 g/mol. The van der Waals surface area contributed by atoms with Crippen LogP contribution in [0.2, 0.25) is 0 Å². The summed E-state index contributed by atoms with van der Waals surface area (Å²) in [6.07, 6.45) is 0. The van der Waals surface area contributed by atoms with Gasteiger partial charge in [-0.05, 0) is 31.2 Å². The second-order valence-electron chi connectivity index (χ2n) is 3.59. The first-order chi connectivity index (χ1) is 8.22. The quantitative estimate of drug-likeness (QED) is 0.620. The van der Waals surface area contributed by atoms with Crippen LogP contribution in [0.25, 0.3) is 11.4 Å². The molecule has 0 radical (unpaired) electrons. The van der Waals surface area contributed by atoms with Crippen LogP contribution < -0.4 is 16.0 Å². The number of rotatable bonds is 3. The highest BCUT2D eigenvalue weighted by Crippen LogP contribution is 2.20. The summed E-state index contributed by atoms with van der Waals surface area (Å²) in [5.41, 5.74) is 4.31. The Morgan fingerprint density at radius 2 is 1.88 bits per heavy atom. The average Bonchev–Trinajstić information content (AvgIpc) is 2.38. The number of aromatic nitrogens is 2. The molecule has 0 atom stereocenters. The number of nitrogens with one attached hydrogen (secondary N) is 1. The fraction of sp³-hybridized carbons (Fsp3) is 0.167. The van der Waals surface area contributed by atoms with E-state index in [1.165, 1.54) is 0 Å². The maximum atomic E-state index is 5.35. The van der Waals surface area contributed by atoms with E-state index in [2.05, 4.69) is 15.4 Å². The number of anilines is 1. The molecule has 0 aliphatic rings. The van der Waals surface area contributed by atoms with Crippen LogP contribution in [0.3, 0.4) is 0 Å². The van der Waals surface area contributed by atoms with Crippen LogP contribution in [0.15, 0.2) is 30.3 Å². The fourth-order valence-electron chi connectivity index (χ4n) is 1.51. The second kappa shape index (κ2) is 4.80. The molecule has 0 saturated heterocycles. The monoisotopic (exact) mass is 230 g/mol. The lowest BCUT2D eigenvalue weighted by molar-refractivity contribution is 0.415. The summed E-state index contributed by atoms with van der Waals surface area (Å²) in [4.78, 5) is 8.65. The Bertz CT molecular complexity index is 510. The Kier molecular flexibility index (Phi) is 3.20. The molecular weight excluding hydrogens is 216 g/mol. The zero-order valence-electron chi connectivity index (χ0n) is 9.77. The number of ether oxygens (including phenoxy) is 1. The predicted molar refractivity (Wildman–Crippen MR) is 66.6 cm³/mol. The van der Waals surface area contributed by atoms with Gasteiger partial charge in [0.2, 0.25) is 0 Å². The lowest BCUT2D eigenvalue weighted by Crippen LogP contribution is -2.09. The van der Waals surface area contributed by atoms with E-state index in [9.17, 15) is 0 Å². The Hall–Kier alpha value is -2.14. The standard InChI is InChI=1S/C12H14N4O/c1-8-7-11(16-13)15-12(14-8)9-3-5-10(17-2)6-4-9/h3-7H,13H2,1-2H3,(H,14,15,16). The van der Waals surface area contributed by atoms with Crippen molar-refractivity contribution in [2.75, 3.05) is 12.5 Å². The molecule has 0 saturated carbocycles. The lowest BCUT2D eigenvalue weighted by atomic mass is 10.2. The molecule has 0 aliphatic heterocycles. The maximum absolute atomic E-state index is 5.35. The molecule has 0 unspecified atom stereocenters. The summed E-state index contributed by atoms with van der Waals surface area (Å²) < 4.78 is 5.10. The molecule has 17 heavy (non-hydrogen) atoms. The van der Waals surface area contributed by atoms with Crippen molar-refractivity contribution in [3.05, 3.63) is 36.0 Å². The van der Waals surface area contributed by atoms with Gasteiger partial charge in [0.05, 0.1) is 7.11 Å². The van der Waals surface area contributed by atoms with Crippen molar-refractivity contribution in [2.45, 2.75) is 6.92 Å². The first-order valence-corrected chi connectivity index (χ1v) is 5.19. The third-order valence-electron chi connectivity index (χ3n) is 2.35. The van der Waals surface area contributed by atoms with E-state index in [-0.39, 0.29) is 0 Å². The fourth-order valence-corrected chi connectivity index (χ4v) is 1.51. The van der Waals surface area contributed by atoms with E-state index < -0.39 is 0 Å². The largest absolute Gasteiger partial charge is 0.497 e. The second-order valence-corrected chi connectivity index (χ2v) is 3.59. The van der Waals surface area contributed by atoms with Crippen LogP contribution >= 0.6 is 0 Å². The van der Waals surface area contributed by atoms with E-state index in [0.717, 1.165) is 17.0 Å². The zero-order valence-corrected chi connectivity index (χ0v) is 9.77.